The molecule has 3 rings (SSSR count). The number of aromatic nitrogens is 2. The smallest absolute Gasteiger partial charge is 0.132 e. The van der Waals surface area contributed by atoms with Crippen molar-refractivity contribution in [1.82, 2.24) is 9.55 Å². The van der Waals surface area contributed by atoms with Crippen LogP contribution in [0.25, 0.3) is 0 Å². The monoisotopic (exact) mass is 564 g/mol. The Labute approximate surface area is 208 Å². The third kappa shape index (κ3) is 6.62. The SMILES string of the molecule is C[C@@H](CCl)COc1ccc(C(C)(C)c2ccc(OC[C@H](O)Cn3ccnc3)cc2)cc1[123I]. The molecule has 0 saturated heterocycles. The van der Waals surface area contributed by atoms with Crippen molar-refractivity contribution < 1.29 is 14.6 Å². The molecule has 0 bridgehead atoms. The van der Waals surface area contributed by atoms with Crippen molar-refractivity contribution in [3.05, 3.63) is 75.9 Å². The van der Waals surface area contributed by atoms with Crippen LogP contribution in [0.5, 0.6) is 11.5 Å². The molecule has 0 spiro atoms. The summed E-state index contributed by atoms with van der Waals surface area (Å²) in [5.74, 6) is 2.53. The fraction of sp³-hybridized carbons (Fsp3) is 0.400. The van der Waals surface area contributed by atoms with Gasteiger partial charge in [0.2, 0.25) is 0 Å². The Morgan fingerprint density at radius 1 is 1.09 bits per heavy atom. The molecule has 0 aliphatic heterocycles. The summed E-state index contributed by atoms with van der Waals surface area (Å²) in [6.07, 6.45) is 4.59. The molecule has 2 atom stereocenters. The van der Waals surface area contributed by atoms with E-state index in [0.717, 1.165) is 15.1 Å². The largest absolute Gasteiger partial charge is 0.492 e. The Bertz CT molecular complexity index is 977. The van der Waals surface area contributed by atoms with Gasteiger partial charge in [0.05, 0.1) is 23.0 Å². The van der Waals surface area contributed by atoms with E-state index in [0.29, 0.717) is 24.9 Å². The maximum absolute atomic E-state index is 10.2. The summed E-state index contributed by atoms with van der Waals surface area (Å²) in [6.45, 7) is 7.78. The summed E-state index contributed by atoms with van der Waals surface area (Å²) in [6, 6.07) is 14.4. The molecule has 0 radical (unpaired) electrons. The lowest BCUT2D eigenvalue weighted by atomic mass is 9.78. The molecule has 1 N–H and O–H groups in total. The van der Waals surface area contributed by atoms with Crippen LogP contribution in [0.1, 0.15) is 31.9 Å². The van der Waals surface area contributed by atoms with Gasteiger partial charge in [-0.15, -0.1) is 11.6 Å². The van der Waals surface area contributed by atoms with E-state index in [1.807, 2.05) is 29.0 Å². The zero-order valence-electron chi connectivity index (χ0n) is 18.7. The third-order valence-electron chi connectivity index (χ3n) is 5.44. The van der Waals surface area contributed by atoms with Gasteiger partial charge in [-0.1, -0.05) is 39.0 Å². The van der Waals surface area contributed by atoms with Crippen LogP contribution in [-0.4, -0.2) is 39.9 Å². The number of aliphatic hydroxyl groups excluding tert-OH is 1. The van der Waals surface area contributed by atoms with E-state index in [4.69, 9.17) is 21.1 Å². The molecule has 7 heteroatoms. The molecule has 1 aromatic heterocycles. The number of imidazole rings is 1. The van der Waals surface area contributed by atoms with Crippen LogP contribution in [0.3, 0.4) is 0 Å². The average Bonchev–Trinajstić information content (AvgIpc) is 3.29. The molecule has 0 amide bonds. The molecule has 0 fully saturated rings. The van der Waals surface area contributed by atoms with Gasteiger partial charge < -0.3 is 19.1 Å². The highest BCUT2D eigenvalue weighted by molar-refractivity contribution is 14.1. The van der Waals surface area contributed by atoms with Crippen LogP contribution >= 0.6 is 34.2 Å². The van der Waals surface area contributed by atoms with Gasteiger partial charge in [0.1, 0.15) is 24.2 Å². The molecule has 1 heterocycles. The first-order valence-electron chi connectivity index (χ1n) is 10.7. The predicted molar refractivity (Wildman–Crippen MR) is 137 cm³/mol. The Hall–Kier alpha value is -1.77. The standard InChI is InChI=1S/C25H30ClIN2O3/c1-18(13-26)15-32-24-9-6-20(12-23(24)27)25(2,3)19-4-7-22(8-5-19)31-16-21(30)14-29-11-10-28-17-29/h4-12,17-18,21,30H,13-16H2,1-3H3/t18-,21+/m0/s1/i27-4. The lowest BCUT2D eigenvalue weighted by molar-refractivity contribution is 0.0924. The van der Waals surface area contributed by atoms with Gasteiger partial charge in [0, 0.05) is 29.6 Å². The Balaban J connectivity index is 1.62. The molecular formula is C25H30ClIN2O3. The van der Waals surface area contributed by atoms with Crippen molar-refractivity contribution in [2.45, 2.75) is 38.8 Å². The number of ether oxygens (including phenoxy) is 2. The maximum Gasteiger partial charge on any atom is 0.132 e. The van der Waals surface area contributed by atoms with E-state index in [9.17, 15) is 5.11 Å². The van der Waals surface area contributed by atoms with Gasteiger partial charge in [-0.25, -0.2) is 4.98 Å². The minimum absolute atomic E-state index is 0.179. The van der Waals surface area contributed by atoms with E-state index in [1.165, 1.54) is 11.1 Å². The van der Waals surface area contributed by atoms with Gasteiger partial charge in [-0.3, -0.25) is 0 Å². The van der Waals surface area contributed by atoms with Crippen molar-refractivity contribution in [3.8, 4) is 11.5 Å². The second kappa shape index (κ2) is 11.4. The molecule has 2 aromatic carbocycles. The van der Waals surface area contributed by atoms with Crippen molar-refractivity contribution in [2.75, 3.05) is 19.1 Å². The molecule has 3 aromatic rings. The highest BCUT2D eigenvalue weighted by atomic mass is 123. The molecule has 172 valence electrons. The molecule has 5 nitrogen and oxygen atoms in total. The molecule has 32 heavy (non-hydrogen) atoms. The second-order valence-corrected chi connectivity index (χ2v) is 10.1. The lowest BCUT2D eigenvalue weighted by Gasteiger charge is -2.27. The molecule has 0 aliphatic rings. The summed E-state index contributed by atoms with van der Waals surface area (Å²) in [4.78, 5) is 3.98. The third-order valence-corrected chi connectivity index (χ3v) is 6.81. The number of halogens is 2. The molecule has 0 unspecified atom stereocenters. The van der Waals surface area contributed by atoms with Gasteiger partial charge in [-0.05, 0) is 58.0 Å². The molecule has 0 saturated carbocycles. The number of benzene rings is 2. The number of rotatable bonds is 11. The van der Waals surface area contributed by atoms with Crippen LogP contribution in [0.15, 0.2) is 61.2 Å². The van der Waals surface area contributed by atoms with Crippen molar-refractivity contribution in [1.29, 1.82) is 0 Å². The quantitative estimate of drug-likeness (QED) is 0.247. The Kier molecular flexibility index (Phi) is 8.85. The van der Waals surface area contributed by atoms with Crippen molar-refractivity contribution in [2.24, 2.45) is 5.92 Å². The van der Waals surface area contributed by atoms with Crippen molar-refractivity contribution >= 4 is 34.2 Å². The first-order valence-corrected chi connectivity index (χ1v) is 12.3. The van der Waals surface area contributed by atoms with Gasteiger partial charge in [-0.2, -0.15) is 0 Å². The Morgan fingerprint density at radius 3 is 2.44 bits per heavy atom. The van der Waals surface area contributed by atoms with Crippen LogP contribution < -0.4 is 9.47 Å². The van der Waals surface area contributed by atoms with Crippen LogP contribution in [0.2, 0.25) is 0 Å². The first kappa shape index (κ1) is 24.9. The van der Waals surface area contributed by atoms with Crippen LogP contribution in [0.4, 0.5) is 0 Å². The van der Waals surface area contributed by atoms with Gasteiger partial charge in [0.25, 0.3) is 0 Å². The van der Waals surface area contributed by atoms with E-state index in [1.54, 1.807) is 12.5 Å². The minimum atomic E-state index is -0.601. The maximum atomic E-state index is 10.2. The number of hydrogen-bond donors (Lipinski definition) is 1. The minimum Gasteiger partial charge on any atom is -0.492 e. The topological polar surface area (TPSA) is 56.5 Å². The molecule has 0 aliphatic carbocycles. The fourth-order valence-corrected chi connectivity index (χ4v) is 4.06. The summed E-state index contributed by atoms with van der Waals surface area (Å²) in [5.41, 5.74) is 2.22. The van der Waals surface area contributed by atoms with Gasteiger partial charge >= 0.3 is 0 Å². The number of aliphatic hydroxyl groups is 1. The summed E-state index contributed by atoms with van der Waals surface area (Å²) < 4.78 is 14.6. The number of alkyl halides is 1. The first-order chi connectivity index (χ1) is 15.3. The highest BCUT2D eigenvalue weighted by Gasteiger charge is 2.24. The predicted octanol–water partition coefficient (Wildman–Crippen LogP) is 5.51. The summed E-state index contributed by atoms with van der Waals surface area (Å²) in [7, 11) is 0. The second-order valence-electron chi connectivity index (χ2n) is 8.59. The zero-order chi connectivity index (χ0) is 23.1. The lowest BCUT2D eigenvalue weighted by Crippen LogP contribution is -2.23. The summed E-state index contributed by atoms with van der Waals surface area (Å²) in [5, 5.41) is 10.2. The number of nitrogens with zero attached hydrogens (tertiary/aromatic N) is 2. The fourth-order valence-electron chi connectivity index (χ4n) is 3.30. The normalized spacial score (nSPS) is 13.6. The van der Waals surface area contributed by atoms with Crippen molar-refractivity contribution in [3.63, 3.8) is 0 Å². The van der Waals surface area contributed by atoms with E-state index in [-0.39, 0.29) is 12.0 Å². The molecular weight excluding hydrogens is 535 g/mol. The van der Waals surface area contributed by atoms with E-state index >= 15 is 0 Å². The number of hydrogen-bond acceptors (Lipinski definition) is 4. The average molecular weight is 565 g/mol. The summed E-state index contributed by atoms with van der Waals surface area (Å²) >= 11 is 8.21. The van der Waals surface area contributed by atoms with Gasteiger partial charge in [0.15, 0.2) is 0 Å². The van der Waals surface area contributed by atoms with E-state index in [2.05, 4.69) is 72.6 Å². The van der Waals surface area contributed by atoms with Crippen LogP contribution in [-0.2, 0) is 12.0 Å². The van der Waals surface area contributed by atoms with Crippen LogP contribution in [0, 0.1) is 9.49 Å². The highest BCUT2D eigenvalue weighted by Crippen LogP contribution is 2.35. The van der Waals surface area contributed by atoms with E-state index < -0.39 is 6.10 Å². The zero-order valence-corrected chi connectivity index (χ0v) is 21.6. The Morgan fingerprint density at radius 2 is 1.81 bits per heavy atom.